The van der Waals surface area contributed by atoms with Crippen molar-refractivity contribution in [1.82, 2.24) is 10.3 Å². The summed E-state index contributed by atoms with van der Waals surface area (Å²) < 4.78 is 5.63. The second kappa shape index (κ2) is 7.27. The molecule has 8 heteroatoms. The minimum absolute atomic E-state index is 0.0568. The lowest BCUT2D eigenvalue weighted by Gasteiger charge is -2.60. The molecule has 4 aliphatic rings. The van der Waals surface area contributed by atoms with Gasteiger partial charge in [0.2, 0.25) is 5.91 Å². The lowest BCUT2D eigenvalue weighted by atomic mass is 9.47. The molecular formula is C21H26ClN3O4. The number of pyridine rings is 1. The van der Waals surface area contributed by atoms with Crippen molar-refractivity contribution in [3.05, 3.63) is 23.4 Å². The second-order valence-corrected chi connectivity index (χ2v) is 9.54. The van der Waals surface area contributed by atoms with Gasteiger partial charge in [-0.05, 0) is 69.4 Å². The monoisotopic (exact) mass is 419 g/mol. The third-order valence-corrected chi connectivity index (χ3v) is 6.79. The highest BCUT2D eigenvalue weighted by Gasteiger charge is 2.61. The number of carbonyl (C=O) groups is 3. The summed E-state index contributed by atoms with van der Waals surface area (Å²) in [4.78, 5) is 41.4. The number of nitrogens with zero attached hydrogens (tertiary/aromatic N) is 1. The van der Waals surface area contributed by atoms with Gasteiger partial charge in [0.15, 0.2) is 6.10 Å². The van der Waals surface area contributed by atoms with Gasteiger partial charge in [-0.1, -0.05) is 11.6 Å². The number of amides is 2. The summed E-state index contributed by atoms with van der Waals surface area (Å²) in [5, 5.41) is 6.24. The first kappa shape index (κ1) is 20.1. The number of ether oxygens (including phenoxy) is 1. The van der Waals surface area contributed by atoms with Gasteiger partial charge >= 0.3 is 5.97 Å². The molecule has 1 aromatic rings. The fourth-order valence-electron chi connectivity index (χ4n) is 6.04. The Morgan fingerprint density at radius 2 is 1.90 bits per heavy atom. The number of carbonyl (C=O) groups excluding carboxylic acids is 3. The van der Waals surface area contributed by atoms with Crippen molar-refractivity contribution in [2.45, 2.75) is 64.0 Å². The van der Waals surface area contributed by atoms with Crippen LogP contribution in [-0.4, -0.2) is 34.4 Å². The summed E-state index contributed by atoms with van der Waals surface area (Å²) in [6.07, 6.45) is 5.60. The number of anilines is 1. The first-order valence-electron chi connectivity index (χ1n) is 10.1. The average molecular weight is 420 g/mol. The average Bonchev–Trinajstić information content (AvgIpc) is 2.61. The van der Waals surface area contributed by atoms with Crippen LogP contribution in [0.15, 0.2) is 18.3 Å². The standard InChI is InChI=1S/C21H26ClN3O4/c1-12(18(27)24-17-4-3-16(22)10-23-17)29-19(28)20-6-14-5-15(7-20)9-21(8-14,11-20)25-13(2)26/h3-4,10,12,14-15H,5-9,11H2,1-2H3,(H,25,26)(H,23,24,27)/t12-,14-,15+,20?,21?/m0/s1. The third-order valence-electron chi connectivity index (χ3n) is 6.57. The van der Waals surface area contributed by atoms with Crippen LogP contribution >= 0.6 is 11.6 Å². The second-order valence-electron chi connectivity index (χ2n) is 9.10. The molecule has 0 saturated heterocycles. The molecule has 1 heterocycles. The maximum Gasteiger partial charge on any atom is 0.312 e. The van der Waals surface area contributed by atoms with Crippen molar-refractivity contribution in [1.29, 1.82) is 0 Å². The van der Waals surface area contributed by atoms with E-state index in [0.717, 1.165) is 32.1 Å². The van der Waals surface area contributed by atoms with Crippen LogP contribution in [0.25, 0.3) is 0 Å². The van der Waals surface area contributed by atoms with Crippen molar-refractivity contribution in [2.24, 2.45) is 17.3 Å². The minimum atomic E-state index is -0.940. The van der Waals surface area contributed by atoms with Crippen molar-refractivity contribution in [3.8, 4) is 0 Å². The Labute approximate surface area is 174 Å². The van der Waals surface area contributed by atoms with E-state index in [-0.39, 0.29) is 17.4 Å². The SMILES string of the molecule is CC(=O)NC12C[C@H]3C[C@@H](C1)CC(C(=O)O[C@@H](C)C(=O)Nc1ccc(Cl)cn1)(C3)C2. The van der Waals surface area contributed by atoms with Gasteiger partial charge in [0, 0.05) is 18.7 Å². The Morgan fingerprint density at radius 1 is 1.21 bits per heavy atom. The number of esters is 1. The predicted octanol–water partition coefficient (Wildman–Crippen LogP) is 3.08. The van der Waals surface area contributed by atoms with E-state index in [9.17, 15) is 14.4 Å². The molecule has 156 valence electrons. The maximum absolute atomic E-state index is 13.2. The number of nitrogens with one attached hydrogen (secondary N) is 2. The highest BCUT2D eigenvalue weighted by atomic mass is 35.5. The summed E-state index contributed by atoms with van der Waals surface area (Å²) in [5.74, 6) is 0.360. The van der Waals surface area contributed by atoms with Crippen molar-refractivity contribution >= 4 is 35.2 Å². The molecule has 5 atom stereocenters. The Bertz CT molecular complexity index is 827. The number of hydrogen-bond acceptors (Lipinski definition) is 5. The molecule has 2 amide bonds. The zero-order valence-corrected chi connectivity index (χ0v) is 17.4. The fourth-order valence-corrected chi connectivity index (χ4v) is 6.15. The molecule has 0 aromatic carbocycles. The summed E-state index contributed by atoms with van der Waals surface area (Å²) in [6, 6.07) is 3.21. The number of hydrogen-bond donors (Lipinski definition) is 2. The molecular weight excluding hydrogens is 394 g/mol. The zero-order chi connectivity index (χ0) is 20.8. The molecule has 2 unspecified atom stereocenters. The van der Waals surface area contributed by atoms with Gasteiger partial charge in [-0.3, -0.25) is 14.4 Å². The molecule has 5 rings (SSSR count). The van der Waals surface area contributed by atoms with E-state index >= 15 is 0 Å². The molecule has 4 saturated carbocycles. The van der Waals surface area contributed by atoms with Gasteiger partial charge in [-0.2, -0.15) is 0 Å². The lowest BCUT2D eigenvalue weighted by Crippen LogP contribution is -2.65. The molecule has 29 heavy (non-hydrogen) atoms. The van der Waals surface area contributed by atoms with Crippen LogP contribution < -0.4 is 10.6 Å². The Morgan fingerprint density at radius 3 is 2.48 bits per heavy atom. The Kier molecular flexibility index (Phi) is 5.05. The number of aromatic nitrogens is 1. The summed E-state index contributed by atoms with van der Waals surface area (Å²) in [5.41, 5.74) is -0.923. The predicted molar refractivity (Wildman–Crippen MR) is 107 cm³/mol. The zero-order valence-electron chi connectivity index (χ0n) is 16.7. The molecule has 0 aliphatic heterocycles. The molecule has 0 radical (unpaired) electrons. The van der Waals surface area contributed by atoms with Gasteiger partial charge in [0.25, 0.3) is 5.91 Å². The first-order chi connectivity index (χ1) is 13.7. The van der Waals surface area contributed by atoms with E-state index in [1.54, 1.807) is 19.1 Å². The molecule has 1 aromatic heterocycles. The quantitative estimate of drug-likeness (QED) is 0.715. The van der Waals surface area contributed by atoms with E-state index in [4.69, 9.17) is 16.3 Å². The van der Waals surface area contributed by atoms with Crippen LogP contribution in [0.4, 0.5) is 5.82 Å². The Hall–Kier alpha value is -2.15. The first-order valence-corrected chi connectivity index (χ1v) is 10.5. The van der Waals surface area contributed by atoms with Crippen LogP contribution in [0.1, 0.15) is 52.4 Å². The maximum atomic E-state index is 13.2. The molecule has 2 N–H and O–H groups in total. The van der Waals surface area contributed by atoms with Crippen molar-refractivity contribution in [3.63, 3.8) is 0 Å². The van der Waals surface area contributed by atoms with Crippen molar-refractivity contribution < 1.29 is 19.1 Å². The van der Waals surface area contributed by atoms with Gasteiger partial charge in [-0.15, -0.1) is 0 Å². The minimum Gasteiger partial charge on any atom is -0.452 e. The molecule has 4 bridgehead atoms. The third kappa shape index (κ3) is 3.97. The smallest absolute Gasteiger partial charge is 0.312 e. The van der Waals surface area contributed by atoms with Crippen LogP contribution in [0, 0.1) is 17.3 Å². The number of rotatable bonds is 5. The molecule has 4 fully saturated rings. The van der Waals surface area contributed by atoms with Crippen LogP contribution in [0.5, 0.6) is 0 Å². The Balaban J connectivity index is 1.44. The highest BCUT2D eigenvalue weighted by molar-refractivity contribution is 6.30. The van der Waals surface area contributed by atoms with Gasteiger partial charge in [0.1, 0.15) is 5.82 Å². The summed E-state index contributed by atoms with van der Waals surface area (Å²) in [7, 11) is 0. The van der Waals surface area contributed by atoms with E-state index in [2.05, 4.69) is 15.6 Å². The summed E-state index contributed by atoms with van der Waals surface area (Å²) in [6.45, 7) is 3.09. The lowest BCUT2D eigenvalue weighted by molar-refractivity contribution is -0.181. The largest absolute Gasteiger partial charge is 0.452 e. The molecule has 0 spiro atoms. The van der Waals surface area contributed by atoms with E-state index in [1.807, 2.05) is 0 Å². The number of halogens is 1. The summed E-state index contributed by atoms with van der Waals surface area (Å²) >= 11 is 5.80. The van der Waals surface area contributed by atoms with E-state index in [1.165, 1.54) is 13.1 Å². The molecule has 4 aliphatic carbocycles. The van der Waals surface area contributed by atoms with Gasteiger partial charge in [-0.25, -0.2) is 4.98 Å². The fraction of sp³-hybridized carbons (Fsp3) is 0.619. The normalized spacial score (nSPS) is 33.1. The van der Waals surface area contributed by atoms with Crippen molar-refractivity contribution in [2.75, 3.05) is 5.32 Å². The van der Waals surface area contributed by atoms with Crippen LogP contribution in [0.3, 0.4) is 0 Å². The molecule has 7 nitrogen and oxygen atoms in total. The highest BCUT2D eigenvalue weighted by Crippen LogP contribution is 2.62. The van der Waals surface area contributed by atoms with Crippen LogP contribution in [-0.2, 0) is 19.1 Å². The van der Waals surface area contributed by atoms with E-state index in [0.29, 0.717) is 29.1 Å². The van der Waals surface area contributed by atoms with Crippen LogP contribution in [0.2, 0.25) is 5.02 Å². The van der Waals surface area contributed by atoms with Gasteiger partial charge < -0.3 is 15.4 Å². The topological polar surface area (TPSA) is 97.4 Å². The van der Waals surface area contributed by atoms with Gasteiger partial charge in [0.05, 0.1) is 10.4 Å². The van der Waals surface area contributed by atoms with E-state index < -0.39 is 17.4 Å².